The number of amides is 1. The molecule has 1 heterocycles. The number of hydrazine groups is 1. The van der Waals surface area contributed by atoms with Crippen molar-refractivity contribution < 1.29 is 4.79 Å². The summed E-state index contributed by atoms with van der Waals surface area (Å²) in [6, 6.07) is 9.88. The highest BCUT2D eigenvalue weighted by atomic mass is 16.2. The van der Waals surface area contributed by atoms with Crippen molar-refractivity contribution in [2.24, 2.45) is 11.3 Å². The quantitative estimate of drug-likeness (QED) is 0.501. The van der Waals surface area contributed by atoms with Crippen LogP contribution >= 0.6 is 0 Å². The fourth-order valence-electron chi connectivity index (χ4n) is 2.72. The van der Waals surface area contributed by atoms with E-state index in [1.807, 2.05) is 30.3 Å². The molecule has 4 nitrogen and oxygen atoms in total. The van der Waals surface area contributed by atoms with Gasteiger partial charge in [-0.15, -0.1) is 0 Å². The first kappa shape index (κ1) is 15.0. The molecule has 0 saturated carbocycles. The summed E-state index contributed by atoms with van der Waals surface area (Å²) in [5.41, 5.74) is 3.76. The normalized spacial score (nSPS) is 20.4. The Morgan fingerprint density at radius 1 is 1.30 bits per heavy atom. The molecular weight excluding hydrogens is 250 g/mol. The molecule has 3 N–H and O–H groups in total. The van der Waals surface area contributed by atoms with Gasteiger partial charge in [-0.05, 0) is 36.9 Å². The highest BCUT2D eigenvalue weighted by Gasteiger charge is 2.29. The highest BCUT2D eigenvalue weighted by Crippen LogP contribution is 2.30. The van der Waals surface area contributed by atoms with Gasteiger partial charge >= 0.3 is 0 Å². The van der Waals surface area contributed by atoms with Gasteiger partial charge in [-0.25, -0.2) is 5.84 Å². The van der Waals surface area contributed by atoms with E-state index in [0.29, 0.717) is 5.41 Å². The summed E-state index contributed by atoms with van der Waals surface area (Å²) in [4.78, 5) is 14.4. The van der Waals surface area contributed by atoms with Crippen LogP contribution in [0.1, 0.15) is 38.2 Å². The van der Waals surface area contributed by atoms with Crippen molar-refractivity contribution in [3.05, 3.63) is 35.9 Å². The molecule has 110 valence electrons. The maximum atomic E-state index is 12.1. The fraction of sp³-hybridized carbons (Fsp3) is 0.562. The Bertz CT molecular complexity index is 434. The predicted octanol–water partition coefficient (Wildman–Crippen LogP) is 1.88. The summed E-state index contributed by atoms with van der Waals surface area (Å²) < 4.78 is 0. The average Bonchev–Trinajstić information content (AvgIpc) is 2.46. The number of nitrogens with one attached hydrogen (secondary N) is 1. The first-order valence-corrected chi connectivity index (χ1v) is 7.29. The standard InChI is InChI=1S/C16H25N3O/c1-16(2)8-10-19(11-9-16)12-14(15(20)18-17)13-6-4-3-5-7-13/h3-7,14H,8-12,17H2,1-2H3,(H,18,20). The molecule has 20 heavy (non-hydrogen) atoms. The van der Waals surface area contributed by atoms with Gasteiger partial charge in [0.05, 0.1) is 5.92 Å². The Hall–Kier alpha value is -1.39. The molecule has 0 bridgehead atoms. The van der Waals surface area contributed by atoms with Gasteiger partial charge in [0.2, 0.25) is 5.91 Å². The molecule has 1 saturated heterocycles. The first-order chi connectivity index (χ1) is 9.52. The minimum absolute atomic E-state index is 0.110. The van der Waals surface area contributed by atoms with E-state index in [1.165, 1.54) is 12.8 Å². The number of carbonyl (C=O) groups excluding carboxylic acids is 1. The van der Waals surface area contributed by atoms with Gasteiger partial charge in [0, 0.05) is 6.54 Å². The lowest BCUT2D eigenvalue weighted by Gasteiger charge is -2.38. The molecule has 1 aliphatic heterocycles. The van der Waals surface area contributed by atoms with Crippen molar-refractivity contribution in [1.29, 1.82) is 0 Å². The van der Waals surface area contributed by atoms with Gasteiger partial charge in [0.25, 0.3) is 0 Å². The summed E-state index contributed by atoms with van der Waals surface area (Å²) in [6.07, 6.45) is 2.36. The summed E-state index contributed by atoms with van der Waals surface area (Å²) in [5.74, 6) is 5.04. The Morgan fingerprint density at radius 3 is 2.45 bits per heavy atom. The van der Waals surface area contributed by atoms with Gasteiger partial charge in [-0.3, -0.25) is 10.2 Å². The zero-order chi connectivity index (χ0) is 14.6. The average molecular weight is 275 g/mol. The van der Waals surface area contributed by atoms with Crippen LogP contribution < -0.4 is 11.3 Å². The van der Waals surface area contributed by atoms with Crippen LogP contribution in [0.5, 0.6) is 0 Å². The van der Waals surface area contributed by atoms with Crippen molar-refractivity contribution in [3.8, 4) is 0 Å². The van der Waals surface area contributed by atoms with E-state index in [4.69, 9.17) is 5.84 Å². The van der Waals surface area contributed by atoms with Gasteiger partial charge in [0.15, 0.2) is 0 Å². The Labute approximate surface area is 121 Å². The van der Waals surface area contributed by atoms with Gasteiger partial charge in [-0.1, -0.05) is 44.2 Å². The number of nitrogens with zero attached hydrogens (tertiary/aromatic N) is 1. The minimum atomic E-state index is -0.192. The summed E-state index contributed by atoms with van der Waals surface area (Å²) >= 11 is 0. The maximum absolute atomic E-state index is 12.1. The second-order valence-electron chi connectivity index (χ2n) is 6.44. The second-order valence-corrected chi connectivity index (χ2v) is 6.44. The number of carbonyl (C=O) groups is 1. The molecule has 0 aromatic heterocycles. The van der Waals surface area contributed by atoms with E-state index in [1.54, 1.807) is 0 Å². The zero-order valence-corrected chi connectivity index (χ0v) is 12.4. The largest absolute Gasteiger partial charge is 0.302 e. The zero-order valence-electron chi connectivity index (χ0n) is 12.4. The summed E-state index contributed by atoms with van der Waals surface area (Å²) in [5, 5.41) is 0. The van der Waals surface area contributed by atoms with Crippen LogP contribution in [-0.2, 0) is 4.79 Å². The van der Waals surface area contributed by atoms with E-state index in [2.05, 4.69) is 24.2 Å². The van der Waals surface area contributed by atoms with Crippen LogP contribution in [0, 0.1) is 5.41 Å². The van der Waals surface area contributed by atoms with Crippen LogP contribution in [0.15, 0.2) is 30.3 Å². The molecule has 0 radical (unpaired) electrons. The van der Waals surface area contributed by atoms with Gasteiger partial charge < -0.3 is 4.90 Å². The van der Waals surface area contributed by atoms with Gasteiger partial charge in [0.1, 0.15) is 0 Å². The number of likely N-dealkylation sites (tertiary alicyclic amines) is 1. The molecule has 0 spiro atoms. The SMILES string of the molecule is CC1(C)CCN(CC(C(=O)NN)c2ccccc2)CC1. The third-order valence-corrected chi connectivity index (χ3v) is 4.31. The fourth-order valence-corrected chi connectivity index (χ4v) is 2.72. The molecule has 0 aliphatic carbocycles. The smallest absolute Gasteiger partial charge is 0.242 e. The molecule has 1 fully saturated rings. The van der Waals surface area contributed by atoms with Crippen LogP contribution in [0.4, 0.5) is 0 Å². The van der Waals surface area contributed by atoms with Crippen LogP contribution in [0.2, 0.25) is 0 Å². The van der Waals surface area contributed by atoms with Crippen molar-refractivity contribution in [3.63, 3.8) is 0 Å². The monoisotopic (exact) mass is 275 g/mol. The number of rotatable bonds is 4. The van der Waals surface area contributed by atoms with E-state index in [9.17, 15) is 4.79 Å². The third-order valence-electron chi connectivity index (χ3n) is 4.31. The molecule has 4 heteroatoms. The lowest BCUT2D eigenvalue weighted by molar-refractivity contribution is -0.123. The summed E-state index contributed by atoms with van der Waals surface area (Å²) in [6.45, 7) is 7.46. The van der Waals surface area contributed by atoms with E-state index in [-0.39, 0.29) is 11.8 Å². The van der Waals surface area contributed by atoms with Crippen LogP contribution in [0.3, 0.4) is 0 Å². The number of benzene rings is 1. The number of piperidine rings is 1. The van der Waals surface area contributed by atoms with Gasteiger partial charge in [-0.2, -0.15) is 0 Å². The Balaban J connectivity index is 2.04. The van der Waals surface area contributed by atoms with E-state index >= 15 is 0 Å². The molecule has 1 aromatic rings. The van der Waals surface area contributed by atoms with Crippen molar-refractivity contribution in [2.45, 2.75) is 32.6 Å². The second kappa shape index (κ2) is 6.37. The summed E-state index contributed by atoms with van der Waals surface area (Å²) in [7, 11) is 0. The van der Waals surface area contributed by atoms with Crippen molar-refractivity contribution >= 4 is 5.91 Å². The predicted molar refractivity (Wildman–Crippen MR) is 81.0 cm³/mol. The van der Waals surface area contributed by atoms with Crippen molar-refractivity contribution in [2.75, 3.05) is 19.6 Å². The minimum Gasteiger partial charge on any atom is -0.302 e. The number of hydrogen-bond donors (Lipinski definition) is 2. The highest BCUT2D eigenvalue weighted by molar-refractivity contribution is 5.83. The van der Waals surface area contributed by atoms with Crippen LogP contribution in [0.25, 0.3) is 0 Å². The Kier molecular flexibility index (Phi) is 4.78. The molecule has 1 amide bonds. The first-order valence-electron chi connectivity index (χ1n) is 7.29. The number of hydrogen-bond acceptors (Lipinski definition) is 3. The molecule has 2 rings (SSSR count). The topological polar surface area (TPSA) is 58.4 Å². The van der Waals surface area contributed by atoms with Crippen LogP contribution in [-0.4, -0.2) is 30.4 Å². The third kappa shape index (κ3) is 3.81. The molecule has 1 atom stereocenters. The lowest BCUT2D eigenvalue weighted by Crippen LogP contribution is -2.44. The molecular formula is C16H25N3O. The Morgan fingerprint density at radius 2 is 1.90 bits per heavy atom. The van der Waals surface area contributed by atoms with E-state index in [0.717, 1.165) is 25.2 Å². The van der Waals surface area contributed by atoms with Crippen molar-refractivity contribution in [1.82, 2.24) is 10.3 Å². The number of nitrogens with two attached hydrogens (primary N) is 1. The lowest BCUT2D eigenvalue weighted by atomic mass is 9.82. The molecule has 1 unspecified atom stereocenters. The molecule has 1 aromatic carbocycles. The van der Waals surface area contributed by atoms with E-state index < -0.39 is 0 Å². The maximum Gasteiger partial charge on any atom is 0.242 e. The molecule has 1 aliphatic rings.